The van der Waals surface area contributed by atoms with Gasteiger partial charge in [0.1, 0.15) is 16.7 Å². The van der Waals surface area contributed by atoms with Gasteiger partial charge in [0.2, 0.25) is 5.88 Å². The Morgan fingerprint density at radius 2 is 1.64 bits per heavy atom. The minimum Gasteiger partial charge on any atom is -0.461 e. The van der Waals surface area contributed by atoms with Gasteiger partial charge in [0.15, 0.2) is 5.15 Å². The summed E-state index contributed by atoms with van der Waals surface area (Å²) in [6.45, 7) is 6.87. The first-order valence-corrected chi connectivity index (χ1v) is 18.4. The minimum absolute atomic E-state index is 0.0521. The molecule has 1 saturated carbocycles. The van der Waals surface area contributed by atoms with Crippen molar-refractivity contribution < 1.29 is 36.3 Å². The lowest BCUT2D eigenvalue weighted by Crippen LogP contribution is -2.11. The van der Waals surface area contributed by atoms with Crippen LogP contribution >= 0.6 is 53.1 Å². The van der Waals surface area contributed by atoms with Crippen molar-refractivity contribution in [3.8, 4) is 17.0 Å². The SMILES string of the molecule is CCOP(=S)(OCC)Oc1nc(Cl)c(Cl)cc1Cl.Cc1c(COC(=O)[C@H]2[C@@H](/C=C(\Cl)C(F)(F)F)C2(C)C)cccc1-c1ccccc1. The fourth-order valence-corrected chi connectivity index (χ4v) is 7.43. The number of pyridine rings is 1. The molecule has 0 bridgehead atoms. The monoisotopic (exact) mass is 771 g/mol. The van der Waals surface area contributed by atoms with Crippen LogP contribution in [0.25, 0.3) is 11.1 Å². The van der Waals surface area contributed by atoms with Crippen LogP contribution in [0.15, 0.2) is 65.7 Å². The predicted molar refractivity (Wildman–Crippen MR) is 185 cm³/mol. The molecule has 0 N–H and O–H groups in total. The van der Waals surface area contributed by atoms with Gasteiger partial charge in [-0.05, 0) is 60.4 Å². The van der Waals surface area contributed by atoms with E-state index in [0.29, 0.717) is 13.2 Å². The molecule has 6 nitrogen and oxygen atoms in total. The Morgan fingerprint density at radius 3 is 2.21 bits per heavy atom. The highest BCUT2D eigenvalue weighted by Crippen LogP contribution is 2.60. The fourth-order valence-electron chi connectivity index (χ4n) is 4.70. The lowest BCUT2D eigenvalue weighted by Gasteiger charge is -2.20. The molecule has 1 aliphatic rings. The van der Waals surface area contributed by atoms with Crippen molar-refractivity contribution >= 4 is 70.9 Å². The van der Waals surface area contributed by atoms with Crippen molar-refractivity contribution in [2.75, 3.05) is 13.2 Å². The van der Waals surface area contributed by atoms with Crippen LogP contribution in [0.1, 0.15) is 38.8 Å². The normalized spacial score (nSPS) is 17.4. The highest BCUT2D eigenvalue weighted by Gasteiger charge is 2.62. The molecule has 2 aromatic carbocycles. The number of esters is 1. The average Bonchev–Trinajstić information content (AvgIpc) is 3.54. The molecule has 0 aliphatic heterocycles. The number of carbonyl (C=O) groups excluding carboxylic acids is 1. The molecule has 1 aromatic heterocycles. The van der Waals surface area contributed by atoms with Crippen molar-refractivity contribution in [3.63, 3.8) is 0 Å². The van der Waals surface area contributed by atoms with Gasteiger partial charge in [0.25, 0.3) is 0 Å². The molecule has 0 radical (unpaired) electrons. The van der Waals surface area contributed by atoms with Crippen molar-refractivity contribution in [3.05, 3.63) is 92.0 Å². The molecule has 0 unspecified atom stereocenters. The van der Waals surface area contributed by atoms with Gasteiger partial charge in [-0.25, -0.2) is 0 Å². The van der Waals surface area contributed by atoms with Crippen LogP contribution in [0.2, 0.25) is 15.2 Å². The lowest BCUT2D eigenvalue weighted by atomic mass is 9.97. The third-order valence-corrected chi connectivity index (χ3v) is 11.0. The van der Waals surface area contributed by atoms with Gasteiger partial charge in [-0.1, -0.05) is 115 Å². The quantitative estimate of drug-likeness (QED) is 0.109. The Labute approximate surface area is 297 Å². The molecular formula is C32H33Cl4F3NO5PS. The molecule has 256 valence electrons. The number of allylic oxidation sites excluding steroid dienone is 2. The summed E-state index contributed by atoms with van der Waals surface area (Å²) in [6.07, 6.45) is -3.68. The summed E-state index contributed by atoms with van der Waals surface area (Å²) in [5.41, 5.74) is 3.34. The molecule has 3 aromatic rings. The number of hydrogen-bond acceptors (Lipinski definition) is 7. The smallest absolute Gasteiger partial charge is 0.426 e. The van der Waals surface area contributed by atoms with E-state index >= 15 is 0 Å². The number of carbonyl (C=O) groups is 1. The van der Waals surface area contributed by atoms with E-state index in [1.165, 1.54) is 6.07 Å². The Kier molecular flexibility index (Phi) is 14.0. The molecule has 0 amide bonds. The highest BCUT2D eigenvalue weighted by atomic mass is 35.5. The summed E-state index contributed by atoms with van der Waals surface area (Å²) in [5.74, 6) is -1.69. The molecule has 1 heterocycles. The van der Waals surface area contributed by atoms with Crippen LogP contribution < -0.4 is 4.52 Å². The van der Waals surface area contributed by atoms with E-state index in [0.717, 1.165) is 28.3 Å². The summed E-state index contributed by atoms with van der Waals surface area (Å²) in [6, 6.07) is 17.1. The molecular weight excluding hydrogens is 740 g/mol. The number of benzene rings is 2. The second-order valence-corrected chi connectivity index (χ2v) is 15.3. The topological polar surface area (TPSA) is 66.9 Å². The molecule has 1 fully saturated rings. The van der Waals surface area contributed by atoms with Crippen molar-refractivity contribution in [1.29, 1.82) is 0 Å². The first kappa shape index (κ1) is 39.6. The predicted octanol–water partition coefficient (Wildman–Crippen LogP) is 11.4. The Balaban J connectivity index is 0.000000287. The van der Waals surface area contributed by atoms with E-state index in [1.807, 2.05) is 55.5 Å². The largest absolute Gasteiger partial charge is 0.461 e. The van der Waals surface area contributed by atoms with Gasteiger partial charge < -0.3 is 9.26 Å². The maximum absolute atomic E-state index is 12.7. The minimum atomic E-state index is -4.61. The molecule has 2 atom stereocenters. The molecule has 4 rings (SSSR count). The summed E-state index contributed by atoms with van der Waals surface area (Å²) in [5, 5.41) is -0.698. The van der Waals surface area contributed by atoms with E-state index in [-0.39, 0.29) is 27.7 Å². The zero-order valence-corrected chi connectivity index (χ0v) is 30.8. The number of ether oxygens (including phenoxy) is 1. The highest BCUT2D eigenvalue weighted by molar-refractivity contribution is 8.07. The van der Waals surface area contributed by atoms with Crippen molar-refractivity contribution in [2.45, 2.75) is 47.4 Å². The van der Waals surface area contributed by atoms with Crippen LogP contribution in [-0.2, 0) is 37.0 Å². The van der Waals surface area contributed by atoms with E-state index in [9.17, 15) is 18.0 Å². The Morgan fingerprint density at radius 1 is 1.02 bits per heavy atom. The maximum atomic E-state index is 12.7. The third-order valence-electron chi connectivity index (χ3n) is 7.29. The zero-order chi connectivity index (χ0) is 35.2. The standard InChI is InChI=1S/C23H22ClF3O2.C9H11Cl3NO3PS/c1-14-16(10-7-11-17(14)15-8-5-4-6-9-15)13-29-21(28)20-18(22(20,2)3)12-19(24)23(25,26)27;1-3-14-17(18,15-4-2)16-9-7(11)5-6(10)8(12)13-9/h4-12,18,20H,13H2,1-3H3;5H,3-4H2,1-2H3/b19-12-;/t18-,20-;/m1./s1. The Bertz CT molecular complexity index is 1630. The summed E-state index contributed by atoms with van der Waals surface area (Å²) < 4.78 is 59.6. The van der Waals surface area contributed by atoms with Crippen LogP contribution in [0.4, 0.5) is 13.2 Å². The molecule has 0 spiro atoms. The molecule has 15 heteroatoms. The summed E-state index contributed by atoms with van der Waals surface area (Å²) >= 11 is 28.0. The fraction of sp³-hybridized carbons (Fsp3) is 0.375. The summed E-state index contributed by atoms with van der Waals surface area (Å²) in [4.78, 5) is 16.4. The number of rotatable bonds is 11. The van der Waals surface area contributed by atoms with E-state index in [1.54, 1.807) is 27.7 Å². The zero-order valence-electron chi connectivity index (χ0n) is 26.0. The number of nitrogens with zero attached hydrogens (tertiary/aromatic N) is 1. The van der Waals surface area contributed by atoms with Crippen molar-refractivity contribution in [2.24, 2.45) is 17.3 Å². The van der Waals surface area contributed by atoms with Gasteiger partial charge in [-0.15, -0.1) is 0 Å². The molecule has 47 heavy (non-hydrogen) atoms. The van der Waals surface area contributed by atoms with Crippen LogP contribution in [0.3, 0.4) is 0 Å². The van der Waals surface area contributed by atoms with E-state index < -0.39 is 41.1 Å². The average molecular weight is 773 g/mol. The van der Waals surface area contributed by atoms with Gasteiger partial charge in [0, 0.05) is 11.8 Å². The van der Waals surface area contributed by atoms with Crippen LogP contribution in [0, 0.1) is 24.2 Å². The van der Waals surface area contributed by atoms with Gasteiger partial charge in [-0.3, -0.25) is 13.8 Å². The number of aromatic nitrogens is 1. The van der Waals surface area contributed by atoms with Gasteiger partial charge in [0.05, 0.1) is 24.2 Å². The van der Waals surface area contributed by atoms with Gasteiger partial charge >= 0.3 is 18.9 Å². The first-order valence-electron chi connectivity index (χ1n) is 14.3. The second kappa shape index (κ2) is 16.7. The van der Waals surface area contributed by atoms with Crippen LogP contribution in [0.5, 0.6) is 5.88 Å². The number of alkyl halides is 3. The summed E-state index contributed by atoms with van der Waals surface area (Å²) in [7, 11) is 0. The Hall–Kier alpha value is -1.88. The third kappa shape index (κ3) is 10.6. The molecule has 1 aliphatic carbocycles. The van der Waals surface area contributed by atoms with Crippen LogP contribution in [-0.4, -0.2) is 30.3 Å². The van der Waals surface area contributed by atoms with E-state index in [2.05, 4.69) is 4.98 Å². The number of hydrogen-bond donors (Lipinski definition) is 0. The van der Waals surface area contributed by atoms with E-state index in [4.69, 9.17) is 76.5 Å². The second-order valence-electron chi connectivity index (χ2n) is 10.8. The van der Waals surface area contributed by atoms with Gasteiger partial charge in [-0.2, -0.15) is 18.2 Å². The molecule has 0 saturated heterocycles. The number of halogens is 7. The maximum Gasteiger partial charge on any atom is 0.426 e. The lowest BCUT2D eigenvalue weighted by molar-refractivity contribution is -0.147. The first-order chi connectivity index (χ1) is 21.9. The van der Waals surface area contributed by atoms with Crippen molar-refractivity contribution in [1.82, 2.24) is 4.98 Å².